The highest BCUT2D eigenvalue weighted by molar-refractivity contribution is 9.11. The van der Waals surface area contributed by atoms with Crippen molar-refractivity contribution >= 4 is 54.9 Å². The lowest BCUT2D eigenvalue weighted by Crippen LogP contribution is -2.10. The number of nitro groups is 1. The number of hydrazine groups is 1. The van der Waals surface area contributed by atoms with E-state index in [9.17, 15) is 10.1 Å². The fourth-order valence-electron chi connectivity index (χ4n) is 1.49. The maximum absolute atomic E-state index is 10.9. The van der Waals surface area contributed by atoms with Crippen LogP contribution in [0.3, 0.4) is 0 Å². The van der Waals surface area contributed by atoms with Gasteiger partial charge in [-0.2, -0.15) is 0 Å². The third kappa shape index (κ3) is 3.44. The molecule has 1 aromatic heterocycles. The quantitative estimate of drug-likeness (QED) is 0.410. The van der Waals surface area contributed by atoms with Crippen LogP contribution >= 0.6 is 31.9 Å². The molecule has 20 heavy (non-hydrogen) atoms. The van der Waals surface area contributed by atoms with E-state index < -0.39 is 4.92 Å². The van der Waals surface area contributed by atoms with Crippen molar-refractivity contribution in [3.05, 3.63) is 49.4 Å². The number of hydrogen-bond donors (Lipinski definition) is 3. The second-order valence-corrected chi connectivity index (χ2v) is 5.52. The van der Waals surface area contributed by atoms with Gasteiger partial charge in [0.2, 0.25) is 0 Å². The van der Waals surface area contributed by atoms with E-state index in [1.165, 1.54) is 12.1 Å². The number of nitrogens with zero attached hydrogens (tertiary/aromatic N) is 2. The summed E-state index contributed by atoms with van der Waals surface area (Å²) in [5, 5.41) is 13.8. The molecule has 9 heteroatoms. The number of anilines is 3. The van der Waals surface area contributed by atoms with Gasteiger partial charge in [0, 0.05) is 8.95 Å². The zero-order valence-electron chi connectivity index (χ0n) is 9.93. The summed E-state index contributed by atoms with van der Waals surface area (Å²) < 4.78 is 1.70. The number of benzene rings is 1. The van der Waals surface area contributed by atoms with Crippen LogP contribution in [0.25, 0.3) is 0 Å². The summed E-state index contributed by atoms with van der Waals surface area (Å²) in [4.78, 5) is 14.5. The number of nitrogen functional groups attached to an aromatic ring is 1. The summed E-state index contributed by atoms with van der Waals surface area (Å²) in [6.07, 6.45) is 0. The van der Waals surface area contributed by atoms with Gasteiger partial charge in [0.25, 0.3) is 5.69 Å². The van der Waals surface area contributed by atoms with E-state index in [1.54, 1.807) is 0 Å². The standard InChI is InChI=1S/C11H9Br2N5O2/c12-6-1-2-9(8(13)3-6)15-10-4-7(18(19)20)5-11(16-10)17-14/h1-5H,14H2,(H2,15,16,17). The van der Waals surface area contributed by atoms with Crippen LogP contribution < -0.4 is 16.6 Å². The van der Waals surface area contributed by atoms with Crippen molar-refractivity contribution in [3.63, 3.8) is 0 Å². The summed E-state index contributed by atoms with van der Waals surface area (Å²) >= 11 is 6.74. The Labute approximate surface area is 131 Å². The van der Waals surface area contributed by atoms with Gasteiger partial charge in [-0.05, 0) is 34.1 Å². The normalized spacial score (nSPS) is 10.2. The van der Waals surface area contributed by atoms with E-state index in [2.05, 4.69) is 47.6 Å². The van der Waals surface area contributed by atoms with Crippen molar-refractivity contribution < 1.29 is 4.92 Å². The Morgan fingerprint density at radius 1 is 1.20 bits per heavy atom. The van der Waals surface area contributed by atoms with Gasteiger partial charge in [-0.25, -0.2) is 10.8 Å². The SMILES string of the molecule is NNc1cc([N+](=O)[O-])cc(Nc2ccc(Br)cc2Br)n1. The average Bonchev–Trinajstić information content (AvgIpc) is 2.41. The Bertz CT molecular complexity index is 665. The number of rotatable bonds is 4. The molecule has 0 aliphatic heterocycles. The first kappa shape index (κ1) is 14.7. The first-order valence-electron chi connectivity index (χ1n) is 5.35. The fraction of sp³-hybridized carbons (Fsp3) is 0. The van der Waals surface area contributed by atoms with Gasteiger partial charge in [0.1, 0.15) is 11.6 Å². The largest absolute Gasteiger partial charge is 0.339 e. The number of nitrogens with two attached hydrogens (primary N) is 1. The maximum Gasteiger partial charge on any atom is 0.276 e. The fourth-order valence-corrected chi connectivity index (χ4v) is 2.63. The summed E-state index contributed by atoms with van der Waals surface area (Å²) in [6, 6.07) is 8.08. The molecule has 7 nitrogen and oxygen atoms in total. The van der Waals surface area contributed by atoms with E-state index in [0.29, 0.717) is 5.82 Å². The van der Waals surface area contributed by atoms with Crippen molar-refractivity contribution in [3.8, 4) is 0 Å². The molecule has 0 bridgehead atoms. The average molecular weight is 403 g/mol. The van der Waals surface area contributed by atoms with Gasteiger partial charge in [-0.1, -0.05) is 15.9 Å². The highest BCUT2D eigenvalue weighted by Gasteiger charge is 2.11. The van der Waals surface area contributed by atoms with Gasteiger partial charge in [-0.15, -0.1) is 0 Å². The molecule has 0 amide bonds. The van der Waals surface area contributed by atoms with Crippen molar-refractivity contribution in [1.29, 1.82) is 0 Å². The number of hydrogen-bond acceptors (Lipinski definition) is 6. The topological polar surface area (TPSA) is 106 Å². The van der Waals surface area contributed by atoms with Crippen molar-refractivity contribution in [2.75, 3.05) is 10.7 Å². The lowest BCUT2D eigenvalue weighted by molar-refractivity contribution is -0.384. The number of aromatic nitrogens is 1. The molecule has 0 radical (unpaired) electrons. The molecule has 1 aromatic carbocycles. The lowest BCUT2D eigenvalue weighted by Gasteiger charge is -2.09. The molecule has 0 aliphatic carbocycles. The van der Waals surface area contributed by atoms with Crippen LogP contribution in [0.15, 0.2) is 39.3 Å². The van der Waals surface area contributed by atoms with Crippen LogP contribution in [-0.2, 0) is 0 Å². The summed E-state index contributed by atoms with van der Waals surface area (Å²) in [5.41, 5.74) is 2.92. The molecule has 2 aromatic rings. The van der Waals surface area contributed by atoms with E-state index in [1.807, 2.05) is 18.2 Å². The second-order valence-electron chi connectivity index (χ2n) is 3.75. The van der Waals surface area contributed by atoms with Crippen molar-refractivity contribution in [2.45, 2.75) is 0 Å². The predicted octanol–water partition coefficient (Wildman–Crippen LogP) is 3.54. The number of pyridine rings is 1. The number of nitrogens with one attached hydrogen (secondary N) is 2. The molecule has 2 rings (SSSR count). The molecule has 4 N–H and O–H groups in total. The van der Waals surface area contributed by atoms with Crippen LogP contribution in [0.2, 0.25) is 0 Å². The molecule has 0 saturated carbocycles. The van der Waals surface area contributed by atoms with Crippen LogP contribution in [0, 0.1) is 10.1 Å². The third-order valence-electron chi connectivity index (χ3n) is 2.36. The molecule has 0 unspecified atom stereocenters. The summed E-state index contributed by atoms with van der Waals surface area (Å²) in [5.74, 6) is 5.77. The highest BCUT2D eigenvalue weighted by atomic mass is 79.9. The molecule has 1 heterocycles. The minimum Gasteiger partial charge on any atom is -0.339 e. The lowest BCUT2D eigenvalue weighted by atomic mass is 10.3. The van der Waals surface area contributed by atoms with E-state index >= 15 is 0 Å². The Morgan fingerprint density at radius 2 is 1.90 bits per heavy atom. The van der Waals surface area contributed by atoms with Crippen molar-refractivity contribution in [1.82, 2.24) is 4.98 Å². The van der Waals surface area contributed by atoms with Crippen LogP contribution in [0.4, 0.5) is 23.0 Å². The highest BCUT2D eigenvalue weighted by Crippen LogP contribution is 2.30. The Kier molecular flexibility index (Phi) is 4.53. The van der Waals surface area contributed by atoms with Crippen molar-refractivity contribution in [2.24, 2.45) is 5.84 Å². The van der Waals surface area contributed by atoms with Gasteiger partial charge < -0.3 is 10.7 Å². The van der Waals surface area contributed by atoms with Crippen LogP contribution in [0.1, 0.15) is 0 Å². The smallest absolute Gasteiger partial charge is 0.276 e. The molecule has 0 spiro atoms. The summed E-state index contributed by atoms with van der Waals surface area (Å²) in [7, 11) is 0. The number of halogens is 2. The van der Waals surface area contributed by atoms with Gasteiger partial charge in [0.05, 0.1) is 22.7 Å². The van der Waals surface area contributed by atoms with Crippen LogP contribution in [-0.4, -0.2) is 9.91 Å². The molecule has 0 atom stereocenters. The molecule has 0 aliphatic rings. The monoisotopic (exact) mass is 401 g/mol. The Morgan fingerprint density at radius 3 is 2.50 bits per heavy atom. The third-order valence-corrected chi connectivity index (χ3v) is 3.51. The van der Waals surface area contributed by atoms with Crippen LogP contribution in [0.5, 0.6) is 0 Å². The molecular formula is C11H9Br2N5O2. The molecule has 104 valence electrons. The minimum absolute atomic E-state index is 0.108. The zero-order valence-corrected chi connectivity index (χ0v) is 13.1. The first-order chi connectivity index (χ1) is 9.49. The minimum atomic E-state index is -0.510. The summed E-state index contributed by atoms with van der Waals surface area (Å²) in [6.45, 7) is 0. The van der Waals surface area contributed by atoms with E-state index in [0.717, 1.165) is 14.6 Å². The molecule has 0 fully saturated rings. The molecular weight excluding hydrogens is 394 g/mol. The zero-order chi connectivity index (χ0) is 14.7. The van der Waals surface area contributed by atoms with Gasteiger partial charge >= 0.3 is 0 Å². The molecule has 0 saturated heterocycles. The van der Waals surface area contributed by atoms with Gasteiger partial charge in [-0.3, -0.25) is 10.1 Å². The second kappa shape index (κ2) is 6.16. The Hall–Kier alpha value is -1.71. The first-order valence-corrected chi connectivity index (χ1v) is 6.93. The Balaban J connectivity index is 2.37. The van der Waals surface area contributed by atoms with E-state index in [-0.39, 0.29) is 11.5 Å². The van der Waals surface area contributed by atoms with E-state index in [4.69, 9.17) is 5.84 Å². The maximum atomic E-state index is 10.9. The predicted molar refractivity (Wildman–Crippen MR) is 83.8 cm³/mol. The van der Waals surface area contributed by atoms with Gasteiger partial charge in [0.15, 0.2) is 0 Å².